The van der Waals surface area contributed by atoms with E-state index in [-0.39, 0.29) is 5.91 Å². The first-order valence-electron chi connectivity index (χ1n) is 7.23. The Morgan fingerprint density at radius 3 is 2.71 bits per heavy atom. The largest absolute Gasteiger partial charge is 0.345 e. The number of aromatic nitrogens is 1. The molecule has 1 heterocycles. The zero-order valence-corrected chi connectivity index (χ0v) is 13.9. The molecule has 110 valence electrons. The first-order chi connectivity index (χ1) is 10.0. The average Bonchev–Trinajstić information content (AvgIpc) is 3.21. The lowest BCUT2D eigenvalue weighted by Gasteiger charge is -2.23. The van der Waals surface area contributed by atoms with Gasteiger partial charge in [-0.15, -0.1) is 0 Å². The molecule has 0 unspecified atom stereocenters. The van der Waals surface area contributed by atoms with Crippen LogP contribution in [0.2, 0.25) is 0 Å². The molecule has 1 aliphatic carbocycles. The molecule has 0 aliphatic heterocycles. The summed E-state index contributed by atoms with van der Waals surface area (Å²) in [6, 6.07) is 10.7. The van der Waals surface area contributed by atoms with E-state index in [1.54, 1.807) is 0 Å². The normalized spacial score (nSPS) is 14.2. The minimum atomic E-state index is 0.118. The van der Waals surface area contributed by atoms with Gasteiger partial charge in [0, 0.05) is 30.3 Å². The van der Waals surface area contributed by atoms with E-state index in [1.165, 1.54) is 11.1 Å². The van der Waals surface area contributed by atoms with Gasteiger partial charge in [0.05, 0.1) is 0 Å². The second-order valence-electron chi connectivity index (χ2n) is 5.81. The molecule has 2 aromatic rings. The lowest BCUT2D eigenvalue weighted by atomic mass is 10.1. The number of nitrogens with zero attached hydrogens (tertiary/aromatic N) is 2. The topological polar surface area (TPSA) is 25.2 Å². The van der Waals surface area contributed by atoms with Crippen molar-refractivity contribution in [2.45, 2.75) is 32.4 Å². The molecular formula is C17H19BrN2O. The monoisotopic (exact) mass is 346 g/mol. The van der Waals surface area contributed by atoms with Crippen LogP contribution in [0.1, 0.15) is 34.5 Å². The Balaban J connectivity index is 1.85. The van der Waals surface area contributed by atoms with E-state index in [9.17, 15) is 4.79 Å². The van der Waals surface area contributed by atoms with Gasteiger partial charge >= 0.3 is 0 Å². The van der Waals surface area contributed by atoms with Crippen molar-refractivity contribution in [2.24, 2.45) is 7.05 Å². The molecule has 0 radical (unpaired) electrons. The standard InChI is InChI=1S/C17H19BrN2O/c1-12-4-3-5-13(8-12)10-20(15-6-7-15)17(21)16-9-14(18)11-19(16)2/h3-5,8-9,11,15H,6-7,10H2,1-2H3. The highest BCUT2D eigenvalue weighted by Crippen LogP contribution is 2.30. The van der Waals surface area contributed by atoms with Gasteiger partial charge in [-0.05, 0) is 47.3 Å². The Kier molecular flexibility index (Phi) is 3.89. The maximum absolute atomic E-state index is 12.8. The van der Waals surface area contributed by atoms with Crippen molar-refractivity contribution in [1.29, 1.82) is 0 Å². The summed E-state index contributed by atoms with van der Waals surface area (Å²) in [5, 5.41) is 0. The number of amides is 1. The van der Waals surface area contributed by atoms with Gasteiger partial charge in [0.25, 0.3) is 5.91 Å². The Morgan fingerprint density at radius 1 is 1.38 bits per heavy atom. The van der Waals surface area contributed by atoms with Gasteiger partial charge in [-0.3, -0.25) is 4.79 Å². The third-order valence-corrected chi connectivity index (χ3v) is 4.31. The van der Waals surface area contributed by atoms with E-state index in [0.717, 1.165) is 23.0 Å². The maximum Gasteiger partial charge on any atom is 0.271 e. The summed E-state index contributed by atoms with van der Waals surface area (Å²) < 4.78 is 2.83. The molecule has 0 spiro atoms. The highest BCUT2D eigenvalue weighted by atomic mass is 79.9. The molecule has 4 heteroatoms. The molecule has 0 saturated heterocycles. The zero-order valence-electron chi connectivity index (χ0n) is 12.3. The van der Waals surface area contributed by atoms with Crippen LogP contribution in [0.3, 0.4) is 0 Å². The van der Waals surface area contributed by atoms with E-state index in [0.29, 0.717) is 12.6 Å². The smallest absolute Gasteiger partial charge is 0.271 e. The number of halogens is 1. The molecule has 0 bridgehead atoms. The Labute approximate surface area is 133 Å². The fourth-order valence-corrected chi connectivity index (χ4v) is 3.17. The third kappa shape index (κ3) is 3.21. The molecular weight excluding hydrogens is 328 g/mol. The lowest BCUT2D eigenvalue weighted by molar-refractivity contribution is 0.0720. The molecule has 0 N–H and O–H groups in total. The van der Waals surface area contributed by atoms with Crippen LogP contribution in [0, 0.1) is 6.92 Å². The van der Waals surface area contributed by atoms with Crippen molar-refractivity contribution in [1.82, 2.24) is 9.47 Å². The molecule has 3 rings (SSSR count). The van der Waals surface area contributed by atoms with Gasteiger partial charge in [-0.1, -0.05) is 29.8 Å². The highest BCUT2D eigenvalue weighted by Gasteiger charge is 2.34. The first-order valence-corrected chi connectivity index (χ1v) is 8.02. The van der Waals surface area contributed by atoms with Crippen molar-refractivity contribution < 1.29 is 4.79 Å². The van der Waals surface area contributed by atoms with E-state index in [2.05, 4.69) is 47.1 Å². The predicted octanol–water partition coefficient (Wildman–Crippen LogP) is 3.90. The van der Waals surface area contributed by atoms with E-state index >= 15 is 0 Å². The molecule has 1 aromatic heterocycles. The number of rotatable bonds is 4. The Bertz CT molecular complexity index is 673. The van der Waals surface area contributed by atoms with Crippen molar-refractivity contribution >= 4 is 21.8 Å². The van der Waals surface area contributed by atoms with Crippen LogP contribution in [0.25, 0.3) is 0 Å². The molecule has 0 atom stereocenters. The summed E-state index contributed by atoms with van der Waals surface area (Å²) >= 11 is 3.44. The third-order valence-electron chi connectivity index (χ3n) is 3.87. The zero-order chi connectivity index (χ0) is 15.0. The quantitative estimate of drug-likeness (QED) is 0.824. The predicted molar refractivity (Wildman–Crippen MR) is 87.2 cm³/mol. The van der Waals surface area contributed by atoms with Crippen molar-refractivity contribution in [3.05, 3.63) is 57.8 Å². The summed E-state index contributed by atoms with van der Waals surface area (Å²) in [4.78, 5) is 14.8. The fourth-order valence-electron chi connectivity index (χ4n) is 2.64. The van der Waals surface area contributed by atoms with Gasteiger partial charge in [0.2, 0.25) is 0 Å². The van der Waals surface area contributed by atoms with Gasteiger partial charge in [0.15, 0.2) is 0 Å². The van der Waals surface area contributed by atoms with Crippen molar-refractivity contribution in [3.63, 3.8) is 0 Å². The molecule has 3 nitrogen and oxygen atoms in total. The number of carbonyl (C=O) groups is 1. The molecule has 21 heavy (non-hydrogen) atoms. The summed E-state index contributed by atoms with van der Waals surface area (Å²) in [5.74, 6) is 0.118. The maximum atomic E-state index is 12.8. The van der Waals surface area contributed by atoms with Gasteiger partial charge in [-0.2, -0.15) is 0 Å². The Morgan fingerprint density at radius 2 is 2.14 bits per heavy atom. The van der Waals surface area contributed by atoms with Gasteiger partial charge < -0.3 is 9.47 Å². The minimum absolute atomic E-state index is 0.118. The van der Waals surface area contributed by atoms with Crippen LogP contribution in [0.5, 0.6) is 0 Å². The van der Waals surface area contributed by atoms with E-state index < -0.39 is 0 Å². The van der Waals surface area contributed by atoms with E-state index in [4.69, 9.17) is 0 Å². The number of benzene rings is 1. The highest BCUT2D eigenvalue weighted by molar-refractivity contribution is 9.10. The Hall–Kier alpha value is -1.55. The summed E-state index contributed by atoms with van der Waals surface area (Å²) in [6.45, 7) is 2.77. The SMILES string of the molecule is Cc1cccc(CN(C(=O)c2cc(Br)cn2C)C2CC2)c1. The molecule has 1 fully saturated rings. The molecule has 1 saturated carbocycles. The van der Waals surface area contributed by atoms with Crippen molar-refractivity contribution in [2.75, 3.05) is 0 Å². The number of carbonyl (C=O) groups excluding carboxylic acids is 1. The van der Waals surface area contributed by atoms with Crippen LogP contribution < -0.4 is 0 Å². The summed E-state index contributed by atoms with van der Waals surface area (Å²) in [6.07, 6.45) is 4.15. The van der Waals surface area contributed by atoms with Crippen LogP contribution >= 0.6 is 15.9 Å². The lowest BCUT2D eigenvalue weighted by Crippen LogP contribution is -2.33. The van der Waals surface area contributed by atoms with Gasteiger partial charge in [-0.25, -0.2) is 0 Å². The van der Waals surface area contributed by atoms with Crippen molar-refractivity contribution in [3.8, 4) is 0 Å². The number of hydrogen-bond donors (Lipinski definition) is 0. The first kappa shape index (κ1) is 14.4. The van der Waals surface area contributed by atoms with Crippen LogP contribution in [0.15, 0.2) is 41.0 Å². The van der Waals surface area contributed by atoms with Crippen LogP contribution in [-0.2, 0) is 13.6 Å². The van der Waals surface area contributed by atoms with Crippen LogP contribution in [0.4, 0.5) is 0 Å². The van der Waals surface area contributed by atoms with Crippen LogP contribution in [-0.4, -0.2) is 21.4 Å². The average molecular weight is 347 g/mol. The molecule has 1 aromatic carbocycles. The second kappa shape index (κ2) is 5.68. The fraction of sp³-hybridized carbons (Fsp3) is 0.353. The minimum Gasteiger partial charge on any atom is -0.345 e. The van der Waals surface area contributed by atoms with Gasteiger partial charge in [0.1, 0.15) is 5.69 Å². The number of aryl methyl sites for hydroxylation is 2. The number of hydrogen-bond acceptors (Lipinski definition) is 1. The summed E-state index contributed by atoms with van der Waals surface area (Å²) in [7, 11) is 1.91. The summed E-state index contributed by atoms with van der Waals surface area (Å²) in [5.41, 5.74) is 3.17. The molecule has 1 aliphatic rings. The molecule has 1 amide bonds. The second-order valence-corrected chi connectivity index (χ2v) is 6.72. The van der Waals surface area contributed by atoms with E-state index in [1.807, 2.05) is 28.8 Å².